The first kappa shape index (κ1) is 13.0. The number of hydrogen-bond donors (Lipinski definition) is 3. The van der Waals surface area contributed by atoms with Gasteiger partial charge >= 0.3 is 0 Å². The van der Waals surface area contributed by atoms with Crippen LogP contribution < -0.4 is 11.3 Å². The van der Waals surface area contributed by atoms with E-state index < -0.39 is 11.6 Å². The van der Waals surface area contributed by atoms with Gasteiger partial charge in [-0.1, -0.05) is 0 Å². The third kappa shape index (κ3) is 2.29. The van der Waals surface area contributed by atoms with Crippen molar-refractivity contribution in [3.05, 3.63) is 58.5 Å². The van der Waals surface area contributed by atoms with Gasteiger partial charge in [-0.05, 0) is 18.2 Å². The highest BCUT2D eigenvalue weighted by molar-refractivity contribution is 5.87. The van der Waals surface area contributed by atoms with E-state index in [2.05, 4.69) is 15.2 Å². The lowest BCUT2D eigenvalue weighted by molar-refractivity contribution is 0.585. The summed E-state index contributed by atoms with van der Waals surface area (Å²) < 4.78 is 27.0. The average Bonchev–Trinajstić information content (AvgIpc) is 2.81. The van der Waals surface area contributed by atoms with Gasteiger partial charge < -0.3 is 10.7 Å². The molecule has 0 aliphatic carbocycles. The van der Waals surface area contributed by atoms with Gasteiger partial charge in [-0.2, -0.15) is 5.10 Å². The van der Waals surface area contributed by atoms with E-state index in [4.69, 9.17) is 5.73 Å². The number of nitrogens with two attached hydrogens (primary N) is 1. The highest BCUT2D eigenvalue weighted by atomic mass is 19.1. The lowest BCUT2D eigenvalue weighted by Gasteiger charge is -2.06. The number of nitrogen functional groups attached to an aromatic ring is 1. The minimum absolute atomic E-state index is 0.0655. The Morgan fingerprint density at radius 1 is 1.14 bits per heavy atom. The minimum atomic E-state index is -0.755. The van der Waals surface area contributed by atoms with Crippen LogP contribution in [-0.2, 0) is 0 Å². The Hall–Kier alpha value is -2.96. The molecule has 1 aromatic carbocycles. The second kappa shape index (κ2) is 4.86. The van der Waals surface area contributed by atoms with Crippen LogP contribution in [0.1, 0.15) is 0 Å². The van der Waals surface area contributed by atoms with Gasteiger partial charge in [0.15, 0.2) is 5.82 Å². The molecular formula is C14H10F2N4O. The molecule has 2 aromatic heterocycles. The zero-order valence-corrected chi connectivity index (χ0v) is 10.7. The van der Waals surface area contributed by atoms with Crippen molar-refractivity contribution in [1.82, 2.24) is 15.2 Å². The highest BCUT2D eigenvalue weighted by Gasteiger charge is 2.18. The van der Waals surface area contributed by atoms with Gasteiger partial charge in [0.1, 0.15) is 11.6 Å². The van der Waals surface area contributed by atoms with E-state index in [1.54, 1.807) is 6.07 Å². The number of pyridine rings is 1. The van der Waals surface area contributed by atoms with Crippen molar-refractivity contribution in [3.63, 3.8) is 0 Å². The molecule has 3 rings (SSSR count). The van der Waals surface area contributed by atoms with Crippen molar-refractivity contribution in [1.29, 1.82) is 0 Å². The summed E-state index contributed by atoms with van der Waals surface area (Å²) in [7, 11) is 0. The zero-order chi connectivity index (χ0) is 15.0. The lowest BCUT2D eigenvalue weighted by Crippen LogP contribution is -2.02. The molecule has 0 spiro atoms. The molecule has 106 valence electrons. The Kier molecular flexibility index (Phi) is 3.02. The first-order chi connectivity index (χ1) is 10.1. The van der Waals surface area contributed by atoms with E-state index in [1.165, 1.54) is 18.3 Å². The largest absolute Gasteiger partial charge is 0.382 e. The molecule has 0 fully saturated rings. The zero-order valence-electron chi connectivity index (χ0n) is 10.7. The van der Waals surface area contributed by atoms with Crippen LogP contribution in [0.2, 0.25) is 0 Å². The van der Waals surface area contributed by atoms with Crippen molar-refractivity contribution >= 4 is 5.82 Å². The van der Waals surface area contributed by atoms with E-state index in [-0.39, 0.29) is 22.5 Å². The molecule has 3 aromatic rings. The van der Waals surface area contributed by atoms with Gasteiger partial charge in [0.2, 0.25) is 5.56 Å². The molecule has 0 unspecified atom stereocenters. The number of nitrogens with one attached hydrogen (secondary N) is 2. The summed E-state index contributed by atoms with van der Waals surface area (Å²) in [4.78, 5) is 13.9. The third-order valence-electron chi connectivity index (χ3n) is 3.06. The Morgan fingerprint density at radius 3 is 2.67 bits per heavy atom. The number of aromatic nitrogens is 3. The normalized spacial score (nSPS) is 10.8. The van der Waals surface area contributed by atoms with Crippen molar-refractivity contribution in [2.45, 2.75) is 0 Å². The fraction of sp³-hybridized carbons (Fsp3) is 0. The average molecular weight is 288 g/mol. The fourth-order valence-electron chi connectivity index (χ4n) is 2.13. The van der Waals surface area contributed by atoms with E-state index in [0.29, 0.717) is 11.3 Å². The van der Waals surface area contributed by atoms with Gasteiger partial charge in [-0.25, -0.2) is 8.78 Å². The molecule has 0 aliphatic rings. The van der Waals surface area contributed by atoms with E-state index in [0.717, 1.165) is 12.1 Å². The molecule has 0 aliphatic heterocycles. The number of anilines is 1. The Bertz CT molecular complexity index is 869. The van der Waals surface area contributed by atoms with Crippen LogP contribution in [0.5, 0.6) is 0 Å². The van der Waals surface area contributed by atoms with Crippen LogP contribution in [0.25, 0.3) is 22.4 Å². The predicted molar refractivity (Wildman–Crippen MR) is 74.4 cm³/mol. The molecule has 0 amide bonds. The molecule has 0 radical (unpaired) electrons. The van der Waals surface area contributed by atoms with Gasteiger partial charge in [0.25, 0.3) is 0 Å². The Balaban J connectivity index is 2.24. The molecule has 21 heavy (non-hydrogen) atoms. The van der Waals surface area contributed by atoms with Crippen molar-refractivity contribution in [3.8, 4) is 22.4 Å². The number of aromatic amines is 2. The summed E-state index contributed by atoms with van der Waals surface area (Å²) in [6, 6.07) is 6.13. The number of halogens is 2. The Morgan fingerprint density at radius 2 is 1.95 bits per heavy atom. The second-order valence-electron chi connectivity index (χ2n) is 4.42. The monoisotopic (exact) mass is 288 g/mol. The number of nitrogens with zero attached hydrogens (tertiary/aromatic N) is 1. The molecule has 0 saturated carbocycles. The van der Waals surface area contributed by atoms with Crippen molar-refractivity contribution in [2.75, 3.05) is 5.73 Å². The van der Waals surface area contributed by atoms with Gasteiger partial charge in [-0.3, -0.25) is 9.89 Å². The summed E-state index contributed by atoms with van der Waals surface area (Å²) >= 11 is 0. The Labute approximate surface area is 117 Å². The van der Waals surface area contributed by atoms with Crippen LogP contribution in [0, 0.1) is 11.6 Å². The van der Waals surface area contributed by atoms with Crippen LogP contribution in [0.4, 0.5) is 14.6 Å². The highest BCUT2D eigenvalue weighted by Crippen LogP contribution is 2.35. The predicted octanol–water partition coefficient (Wildman–Crippen LogP) is 2.29. The SMILES string of the molecule is Nc1n[nH]c(-c2cc[nH]c(=O)c2)c1-c1ccc(F)cc1F. The van der Waals surface area contributed by atoms with Crippen LogP contribution in [0.15, 0.2) is 41.3 Å². The molecule has 0 bridgehead atoms. The maximum Gasteiger partial charge on any atom is 0.248 e. The number of hydrogen-bond acceptors (Lipinski definition) is 3. The fourth-order valence-corrected chi connectivity index (χ4v) is 2.13. The molecular weight excluding hydrogens is 278 g/mol. The minimum Gasteiger partial charge on any atom is -0.382 e. The van der Waals surface area contributed by atoms with Crippen molar-refractivity contribution in [2.24, 2.45) is 0 Å². The lowest BCUT2D eigenvalue weighted by atomic mass is 10.0. The van der Waals surface area contributed by atoms with E-state index >= 15 is 0 Å². The molecule has 2 heterocycles. The quantitative estimate of drug-likeness (QED) is 0.676. The summed E-state index contributed by atoms with van der Waals surface area (Å²) in [5.41, 5.74) is 6.75. The first-order valence-electron chi connectivity index (χ1n) is 6.04. The van der Waals surface area contributed by atoms with Gasteiger partial charge in [0, 0.05) is 29.5 Å². The van der Waals surface area contributed by atoms with Crippen LogP contribution in [0.3, 0.4) is 0 Å². The van der Waals surface area contributed by atoms with E-state index in [1.807, 2.05) is 0 Å². The first-order valence-corrected chi connectivity index (χ1v) is 6.04. The summed E-state index contributed by atoms with van der Waals surface area (Å²) in [6.07, 6.45) is 1.46. The van der Waals surface area contributed by atoms with Gasteiger partial charge in [-0.15, -0.1) is 0 Å². The smallest absolute Gasteiger partial charge is 0.248 e. The van der Waals surface area contributed by atoms with Crippen LogP contribution in [-0.4, -0.2) is 15.2 Å². The number of H-pyrrole nitrogens is 2. The molecule has 7 heteroatoms. The van der Waals surface area contributed by atoms with Crippen molar-refractivity contribution < 1.29 is 8.78 Å². The summed E-state index contributed by atoms with van der Waals surface area (Å²) in [6.45, 7) is 0. The summed E-state index contributed by atoms with van der Waals surface area (Å²) in [5, 5.41) is 6.51. The van der Waals surface area contributed by atoms with Gasteiger partial charge in [0.05, 0.1) is 11.3 Å². The summed E-state index contributed by atoms with van der Waals surface area (Å²) in [5.74, 6) is -1.37. The molecule has 0 saturated heterocycles. The molecule has 5 nitrogen and oxygen atoms in total. The number of rotatable bonds is 2. The molecule has 0 atom stereocenters. The maximum absolute atomic E-state index is 14.0. The standard InChI is InChI=1S/C14H10F2N4O/c15-8-1-2-9(10(16)6-8)12-13(19-20-14(12)17)7-3-4-18-11(21)5-7/h1-6H,(H,18,21)(H3,17,19,20). The number of benzene rings is 1. The third-order valence-corrected chi connectivity index (χ3v) is 3.06. The topological polar surface area (TPSA) is 87.6 Å². The van der Waals surface area contributed by atoms with Crippen LogP contribution >= 0.6 is 0 Å². The molecule has 4 N–H and O–H groups in total. The van der Waals surface area contributed by atoms with E-state index in [9.17, 15) is 13.6 Å². The second-order valence-corrected chi connectivity index (χ2v) is 4.42. The maximum atomic E-state index is 14.0.